The van der Waals surface area contributed by atoms with Crippen molar-refractivity contribution < 1.29 is 9.21 Å². The normalized spacial score (nSPS) is 17.5. The maximum atomic E-state index is 12.6. The largest absolute Gasteiger partial charge is 0.418 e. The number of rotatable bonds is 4. The first-order valence-electron chi connectivity index (χ1n) is 7.78. The summed E-state index contributed by atoms with van der Waals surface area (Å²) in [5.74, 6) is 1.13. The number of thiazole rings is 1. The molecular weight excluding hydrogens is 344 g/mol. The summed E-state index contributed by atoms with van der Waals surface area (Å²) < 4.78 is 5.87. The van der Waals surface area contributed by atoms with E-state index in [4.69, 9.17) is 4.42 Å². The Morgan fingerprint density at radius 3 is 3.08 bits per heavy atom. The lowest BCUT2D eigenvalue weighted by Gasteiger charge is -2.21. The highest BCUT2D eigenvalue weighted by molar-refractivity contribution is 7.13. The molecule has 0 radical (unpaired) electrons. The number of thiophene rings is 1. The van der Waals surface area contributed by atoms with Gasteiger partial charge in [0.2, 0.25) is 11.8 Å². The standard InChI is InChI=1S/C16H16N4O2S2/c1-10-14(24-9-17-10)16-19-18-15(22-16)12-5-2-6-20(12)13(21)8-11-4-3-7-23-11/h3-4,7,9,12H,2,5-6,8H2,1H3. The van der Waals surface area contributed by atoms with E-state index in [1.54, 1.807) is 16.8 Å². The van der Waals surface area contributed by atoms with E-state index in [1.165, 1.54) is 11.3 Å². The van der Waals surface area contributed by atoms with Crippen LogP contribution in [-0.2, 0) is 11.2 Å². The number of carbonyl (C=O) groups excluding carboxylic acids is 1. The Balaban J connectivity index is 1.54. The lowest BCUT2D eigenvalue weighted by Crippen LogP contribution is -2.31. The first-order chi connectivity index (χ1) is 11.7. The van der Waals surface area contributed by atoms with Gasteiger partial charge in [-0.1, -0.05) is 6.07 Å². The van der Waals surface area contributed by atoms with Gasteiger partial charge in [0.05, 0.1) is 17.6 Å². The zero-order valence-electron chi connectivity index (χ0n) is 13.1. The molecule has 8 heteroatoms. The summed E-state index contributed by atoms with van der Waals surface area (Å²) in [7, 11) is 0. The van der Waals surface area contributed by atoms with E-state index >= 15 is 0 Å². The predicted octanol–water partition coefficient (Wildman–Crippen LogP) is 3.47. The van der Waals surface area contributed by atoms with Crippen molar-refractivity contribution in [1.82, 2.24) is 20.1 Å². The van der Waals surface area contributed by atoms with Gasteiger partial charge in [-0.05, 0) is 31.2 Å². The van der Waals surface area contributed by atoms with E-state index in [1.807, 2.05) is 29.3 Å². The fraction of sp³-hybridized carbons (Fsp3) is 0.375. The molecule has 0 aromatic carbocycles. The Morgan fingerprint density at radius 1 is 1.42 bits per heavy atom. The van der Waals surface area contributed by atoms with Gasteiger partial charge in [0, 0.05) is 11.4 Å². The minimum atomic E-state index is -0.119. The van der Waals surface area contributed by atoms with Crippen LogP contribution in [0.1, 0.15) is 35.3 Å². The molecule has 0 N–H and O–H groups in total. The van der Waals surface area contributed by atoms with Crippen LogP contribution in [0.2, 0.25) is 0 Å². The van der Waals surface area contributed by atoms with E-state index in [-0.39, 0.29) is 11.9 Å². The van der Waals surface area contributed by atoms with Gasteiger partial charge in [0.25, 0.3) is 5.89 Å². The van der Waals surface area contributed by atoms with Crippen LogP contribution in [0.4, 0.5) is 0 Å². The van der Waals surface area contributed by atoms with Gasteiger partial charge in [-0.2, -0.15) is 0 Å². The highest BCUT2D eigenvalue weighted by Gasteiger charge is 2.34. The molecule has 0 bridgehead atoms. The van der Waals surface area contributed by atoms with Gasteiger partial charge in [0.15, 0.2) is 0 Å². The van der Waals surface area contributed by atoms with Crippen molar-refractivity contribution in [3.63, 3.8) is 0 Å². The van der Waals surface area contributed by atoms with Crippen molar-refractivity contribution in [2.75, 3.05) is 6.54 Å². The molecule has 1 fully saturated rings. The molecule has 0 aliphatic carbocycles. The molecule has 24 heavy (non-hydrogen) atoms. The van der Waals surface area contributed by atoms with Gasteiger partial charge in [-0.15, -0.1) is 32.9 Å². The van der Waals surface area contributed by atoms with Crippen LogP contribution in [0.25, 0.3) is 10.8 Å². The lowest BCUT2D eigenvalue weighted by molar-refractivity contribution is -0.131. The van der Waals surface area contributed by atoms with Crippen molar-refractivity contribution in [2.24, 2.45) is 0 Å². The minimum absolute atomic E-state index is 0.119. The van der Waals surface area contributed by atoms with E-state index in [0.29, 0.717) is 18.2 Å². The van der Waals surface area contributed by atoms with Gasteiger partial charge >= 0.3 is 0 Å². The van der Waals surface area contributed by atoms with Crippen molar-refractivity contribution in [1.29, 1.82) is 0 Å². The Labute approximate surface area is 147 Å². The van der Waals surface area contributed by atoms with E-state index < -0.39 is 0 Å². The predicted molar refractivity (Wildman–Crippen MR) is 91.9 cm³/mol. The topological polar surface area (TPSA) is 72.1 Å². The van der Waals surface area contributed by atoms with Crippen LogP contribution in [0.15, 0.2) is 27.4 Å². The summed E-state index contributed by atoms with van der Waals surface area (Å²) in [6.45, 7) is 2.66. The van der Waals surface area contributed by atoms with Crippen LogP contribution in [0, 0.1) is 6.92 Å². The second-order valence-corrected chi connectivity index (χ2v) is 7.60. The number of aromatic nitrogens is 3. The summed E-state index contributed by atoms with van der Waals surface area (Å²) in [6.07, 6.45) is 2.25. The van der Waals surface area contributed by atoms with Crippen LogP contribution >= 0.6 is 22.7 Å². The van der Waals surface area contributed by atoms with Gasteiger partial charge in [-0.3, -0.25) is 4.79 Å². The zero-order chi connectivity index (χ0) is 16.5. The summed E-state index contributed by atoms with van der Waals surface area (Å²) in [5.41, 5.74) is 2.65. The van der Waals surface area contributed by atoms with Crippen LogP contribution < -0.4 is 0 Å². The lowest BCUT2D eigenvalue weighted by atomic mass is 10.2. The average Bonchev–Trinajstić information content (AvgIpc) is 3.34. The maximum absolute atomic E-state index is 12.6. The van der Waals surface area contributed by atoms with Gasteiger partial charge in [-0.25, -0.2) is 4.98 Å². The van der Waals surface area contributed by atoms with Crippen molar-refractivity contribution >= 4 is 28.6 Å². The van der Waals surface area contributed by atoms with Crippen LogP contribution in [-0.4, -0.2) is 32.5 Å². The molecule has 3 aromatic rings. The third kappa shape index (κ3) is 2.87. The number of hydrogen-bond acceptors (Lipinski definition) is 7. The first-order valence-corrected chi connectivity index (χ1v) is 9.54. The molecule has 6 nitrogen and oxygen atoms in total. The van der Waals surface area contributed by atoms with Crippen LogP contribution in [0.5, 0.6) is 0 Å². The molecule has 0 saturated carbocycles. The van der Waals surface area contributed by atoms with E-state index in [9.17, 15) is 4.79 Å². The molecule has 1 amide bonds. The zero-order valence-corrected chi connectivity index (χ0v) is 14.8. The number of likely N-dealkylation sites (tertiary alicyclic amines) is 1. The molecule has 1 unspecified atom stereocenters. The number of hydrogen-bond donors (Lipinski definition) is 0. The molecule has 1 aliphatic rings. The smallest absolute Gasteiger partial charge is 0.259 e. The average molecular weight is 360 g/mol. The van der Waals surface area contributed by atoms with Crippen molar-refractivity contribution in [3.05, 3.63) is 39.5 Å². The fourth-order valence-electron chi connectivity index (χ4n) is 2.95. The SMILES string of the molecule is Cc1ncsc1-c1nnc(C2CCCN2C(=O)Cc2cccs2)o1. The molecule has 1 aliphatic heterocycles. The Morgan fingerprint density at radius 2 is 2.33 bits per heavy atom. The summed E-state index contributed by atoms with van der Waals surface area (Å²) in [4.78, 5) is 20.7. The molecule has 4 rings (SSSR count). The maximum Gasteiger partial charge on any atom is 0.259 e. The molecule has 1 atom stereocenters. The summed E-state index contributed by atoms with van der Waals surface area (Å²) >= 11 is 3.09. The number of nitrogens with zero attached hydrogens (tertiary/aromatic N) is 4. The third-order valence-corrected chi connectivity index (χ3v) is 5.94. The summed E-state index contributed by atoms with van der Waals surface area (Å²) in [6, 6.07) is 3.84. The second kappa shape index (κ2) is 6.45. The molecule has 4 heterocycles. The van der Waals surface area contributed by atoms with Crippen LogP contribution in [0.3, 0.4) is 0 Å². The monoisotopic (exact) mass is 360 g/mol. The quantitative estimate of drug-likeness (QED) is 0.712. The van der Waals surface area contributed by atoms with Gasteiger partial charge < -0.3 is 9.32 Å². The Hall–Kier alpha value is -2.06. The minimum Gasteiger partial charge on any atom is -0.418 e. The Kier molecular flexibility index (Phi) is 4.15. The third-order valence-electron chi connectivity index (χ3n) is 4.14. The number of aryl methyl sites for hydroxylation is 1. The van der Waals surface area contributed by atoms with Gasteiger partial charge in [0.1, 0.15) is 10.9 Å². The van der Waals surface area contributed by atoms with Crippen molar-refractivity contribution in [2.45, 2.75) is 32.2 Å². The number of carbonyl (C=O) groups is 1. The molecule has 0 spiro atoms. The highest BCUT2D eigenvalue weighted by Crippen LogP contribution is 2.34. The highest BCUT2D eigenvalue weighted by atomic mass is 32.1. The second-order valence-electron chi connectivity index (χ2n) is 5.71. The van der Waals surface area contributed by atoms with E-state index in [2.05, 4.69) is 15.2 Å². The Bertz CT molecular complexity index is 840. The molecular formula is C16H16N4O2S2. The first kappa shape index (κ1) is 15.5. The van der Waals surface area contributed by atoms with Crippen molar-refractivity contribution in [3.8, 4) is 10.8 Å². The molecule has 124 valence electrons. The number of amides is 1. The molecule has 3 aromatic heterocycles. The summed E-state index contributed by atoms with van der Waals surface area (Å²) in [5, 5.41) is 10.3. The fourth-order valence-corrected chi connectivity index (χ4v) is 4.37. The molecule has 1 saturated heterocycles. The van der Waals surface area contributed by atoms with E-state index in [0.717, 1.165) is 34.8 Å².